The largest absolute Gasteiger partial charge is 0.465 e. The topological polar surface area (TPSA) is 87.2 Å². The second-order valence-corrected chi connectivity index (χ2v) is 11.1. The molecule has 5 atom stereocenters. The summed E-state index contributed by atoms with van der Waals surface area (Å²) < 4.78 is 4.09. The molecule has 0 aromatic heterocycles. The first-order valence-electron chi connectivity index (χ1n) is 11.2. The van der Waals surface area contributed by atoms with Crippen LogP contribution in [-0.4, -0.2) is 80.6 Å². The number of nitrogens with zero attached hydrogens (tertiary/aromatic N) is 2. The molecular formula is C23H32N2O5S. The van der Waals surface area contributed by atoms with Crippen molar-refractivity contribution in [2.24, 2.45) is 11.8 Å². The predicted molar refractivity (Wildman–Crippen MR) is 118 cm³/mol. The van der Waals surface area contributed by atoms with E-state index in [-0.39, 0.29) is 37.0 Å². The van der Waals surface area contributed by atoms with Crippen molar-refractivity contribution < 1.29 is 24.2 Å². The van der Waals surface area contributed by atoms with Gasteiger partial charge < -0.3 is 19.6 Å². The van der Waals surface area contributed by atoms with E-state index < -0.39 is 27.4 Å². The average Bonchev–Trinajstić information content (AvgIpc) is 3.02. The van der Waals surface area contributed by atoms with Crippen LogP contribution in [0.3, 0.4) is 0 Å². The summed E-state index contributed by atoms with van der Waals surface area (Å²) in [7, 11) is 0. The van der Waals surface area contributed by atoms with Crippen LogP contribution < -0.4 is 0 Å². The minimum absolute atomic E-state index is 0.0232. The highest BCUT2D eigenvalue weighted by atomic mass is 32.2. The van der Waals surface area contributed by atoms with E-state index >= 15 is 0 Å². The van der Waals surface area contributed by atoms with Crippen LogP contribution in [0.25, 0.3) is 0 Å². The minimum atomic E-state index is -0.871. The van der Waals surface area contributed by atoms with Crippen molar-refractivity contribution in [3.05, 3.63) is 24.3 Å². The third kappa shape index (κ3) is 3.42. The van der Waals surface area contributed by atoms with Crippen LogP contribution in [0.5, 0.6) is 0 Å². The van der Waals surface area contributed by atoms with Crippen molar-refractivity contribution in [1.82, 2.24) is 9.80 Å². The van der Waals surface area contributed by atoms with Gasteiger partial charge in [0.25, 0.3) is 0 Å². The molecule has 1 unspecified atom stereocenters. The molecule has 0 aliphatic carbocycles. The number of carbonyl (C=O) groups excluding carboxylic acids is 3. The van der Waals surface area contributed by atoms with Gasteiger partial charge in [0, 0.05) is 23.9 Å². The Kier molecular flexibility index (Phi) is 5.98. The number of hydrogen-bond acceptors (Lipinski definition) is 6. The zero-order valence-corrected chi connectivity index (χ0v) is 19.3. The Morgan fingerprint density at radius 3 is 2.65 bits per heavy atom. The summed E-state index contributed by atoms with van der Waals surface area (Å²) in [5.41, 5.74) is 0. The molecule has 4 aliphatic heterocycles. The van der Waals surface area contributed by atoms with Crippen LogP contribution in [0.4, 0.5) is 0 Å². The fraction of sp³-hybridized carbons (Fsp3) is 0.696. The summed E-state index contributed by atoms with van der Waals surface area (Å²) in [5.74, 6) is -2.13. The summed E-state index contributed by atoms with van der Waals surface area (Å²) >= 11 is 1.54. The van der Waals surface area contributed by atoms with Gasteiger partial charge in [0.1, 0.15) is 6.04 Å². The minimum Gasteiger partial charge on any atom is -0.465 e. The zero-order chi connectivity index (χ0) is 22.4. The number of esters is 1. The zero-order valence-electron chi connectivity index (χ0n) is 18.5. The Morgan fingerprint density at radius 1 is 1.16 bits per heavy atom. The van der Waals surface area contributed by atoms with Crippen LogP contribution in [0.1, 0.15) is 40.0 Å². The molecule has 8 heteroatoms. The van der Waals surface area contributed by atoms with Gasteiger partial charge in [0.05, 0.1) is 29.8 Å². The Morgan fingerprint density at radius 2 is 1.94 bits per heavy atom. The van der Waals surface area contributed by atoms with Crippen molar-refractivity contribution in [3.8, 4) is 0 Å². The average molecular weight is 449 g/mol. The monoisotopic (exact) mass is 448 g/mol. The van der Waals surface area contributed by atoms with Crippen LogP contribution >= 0.6 is 11.8 Å². The normalized spacial score (nSPS) is 39.1. The fourth-order valence-corrected chi connectivity index (χ4v) is 7.78. The molecule has 4 heterocycles. The number of allylic oxidation sites excluding steroid dienone is 1. The number of carbonyl (C=O) groups is 3. The maximum absolute atomic E-state index is 13.7. The number of hydrogen-bond donors (Lipinski definition) is 1. The predicted octanol–water partition coefficient (Wildman–Crippen LogP) is 1.76. The first-order valence-corrected chi connectivity index (χ1v) is 12.0. The molecule has 0 aromatic rings. The van der Waals surface area contributed by atoms with Crippen molar-refractivity contribution in [1.29, 1.82) is 0 Å². The molecular weight excluding hydrogens is 416 g/mol. The van der Waals surface area contributed by atoms with Gasteiger partial charge in [-0.15, -0.1) is 11.8 Å². The molecule has 2 amide bonds. The lowest BCUT2D eigenvalue weighted by atomic mass is 9.74. The maximum Gasteiger partial charge on any atom is 0.311 e. The fourth-order valence-electron chi connectivity index (χ4n) is 5.63. The van der Waals surface area contributed by atoms with Crippen LogP contribution in [-0.2, 0) is 19.1 Å². The summed E-state index contributed by atoms with van der Waals surface area (Å²) in [4.78, 5) is 44.0. The number of fused-ring (bicyclic) bond motifs is 2. The molecule has 2 fully saturated rings. The quantitative estimate of drug-likeness (QED) is 0.523. The Bertz CT molecular complexity index is 827. The molecule has 0 bridgehead atoms. The van der Waals surface area contributed by atoms with Crippen LogP contribution in [0.15, 0.2) is 24.3 Å². The van der Waals surface area contributed by atoms with Gasteiger partial charge in [-0.2, -0.15) is 0 Å². The van der Waals surface area contributed by atoms with E-state index in [4.69, 9.17) is 4.74 Å². The molecule has 1 spiro atoms. The number of aliphatic hydroxyl groups is 1. The number of thioether (sulfide) groups is 1. The van der Waals surface area contributed by atoms with Gasteiger partial charge in [-0.1, -0.05) is 24.3 Å². The highest BCUT2D eigenvalue weighted by Crippen LogP contribution is 2.65. The van der Waals surface area contributed by atoms with E-state index in [1.165, 1.54) is 16.7 Å². The number of ether oxygens (including phenoxy) is 1. The molecule has 7 nitrogen and oxygen atoms in total. The molecule has 4 rings (SSSR count). The lowest BCUT2D eigenvalue weighted by molar-refractivity contribution is -0.154. The van der Waals surface area contributed by atoms with Gasteiger partial charge in [0.15, 0.2) is 0 Å². The molecule has 170 valence electrons. The van der Waals surface area contributed by atoms with Crippen molar-refractivity contribution >= 4 is 29.5 Å². The van der Waals surface area contributed by atoms with Gasteiger partial charge in [-0.3, -0.25) is 14.4 Å². The maximum atomic E-state index is 13.7. The van der Waals surface area contributed by atoms with E-state index in [1.54, 1.807) is 4.90 Å². The standard InChI is InChI=1S/C23H32N2O5S/c1-15(2)24-11-8-10-23-16(19(27)25(12-13-26)18(23)20(24)28)17-21(29)30-14-7-5-4-6-9-22(17,3)31-23/h6,8-10,15-18,26H,4-5,7,11-14H2,1-3H3/b9-6-/t16-,17-,18?,22+,23-/m0/s1. The van der Waals surface area contributed by atoms with Gasteiger partial charge in [0.2, 0.25) is 11.8 Å². The van der Waals surface area contributed by atoms with Crippen molar-refractivity contribution in [2.45, 2.75) is 61.6 Å². The summed E-state index contributed by atoms with van der Waals surface area (Å²) in [6.07, 6.45) is 10.7. The first kappa shape index (κ1) is 22.4. The first-order chi connectivity index (χ1) is 14.8. The second kappa shape index (κ2) is 8.28. The molecule has 0 radical (unpaired) electrons. The van der Waals surface area contributed by atoms with Gasteiger partial charge in [-0.05, 0) is 40.0 Å². The SMILES string of the molecule is CC(C)N1CC=C[C@]23S[C@]4(C)/C=C\CCCCOC(=O)[C@@H]4[C@H]2C(=O)N(CCO)C3C1=O. The molecule has 4 aliphatic rings. The number of β-amino-alcohol motifs (C(OH)–C–C–N with tert-alkyl or cyclic N) is 1. The van der Waals surface area contributed by atoms with E-state index in [0.29, 0.717) is 13.2 Å². The molecule has 0 aromatic carbocycles. The lowest BCUT2D eigenvalue weighted by Crippen LogP contribution is -2.55. The van der Waals surface area contributed by atoms with Crippen LogP contribution in [0.2, 0.25) is 0 Å². The second-order valence-electron chi connectivity index (χ2n) is 9.30. The molecule has 0 saturated carbocycles. The van der Waals surface area contributed by atoms with E-state index in [1.807, 2.05) is 39.0 Å². The van der Waals surface area contributed by atoms with E-state index in [9.17, 15) is 19.5 Å². The van der Waals surface area contributed by atoms with E-state index in [0.717, 1.165) is 19.3 Å². The summed E-state index contributed by atoms with van der Waals surface area (Å²) in [6.45, 7) is 6.54. The highest BCUT2D eigenvalue weighted by Gasteiger charge is 2.73. The Labute approximate surface area is 187 Å². The number of likely N-dealkylation sites (tertiary alicyclic amines) is 1. The van der Waals surface area contributed by atoms with Crippen molar-refractivity contribution in [3.63, 3.8) is 0 Å². The molecule has 2 saturated heterocycles. The lowest BCUT2D eigenvalue weighted by Gasteiger charge is -2.37. The number of amides is 2. The molecule has 31 heavy (non-hydrogen) atoms. The number of cyclic esters (lactones) is 1. The Hall–Kier alpha value is -1.80. The van der Waals surface area contributed by atoms with E-state index in [2.05, 4.69) is 6.08 Å². The highest BCUT2D eigenvalue weighted by molar-refractivity contribution is 8.02. The Balaban J connectivity index is 1.87. The van der Waals surface area contributed by atoms with Crippen LogP contribution in [0, 0.1) is 11.8 Å². The summed E-state index contributed by atoms with van der Waals surface area (Å²) in [5, 5.41) is 9.67. The van der Waals surface area contributed by atoms with Gasteiger partial charge >= 0.3 is 5.97 Å². The van der Waals surface area contributed by atoms with Crippen molar-refractivity contribution in [2.75, 3.05) is 26.3 Å². The summed E-state index contributed by atoms with van der Waals surface area (Å²) in [6, 6.07) is -0.774. The van der Waals surface area contributed by atoms with Gasteiger partial charge in [-0.25, -0.2) is 0 Å². The number of aliphatic hydroxyl groups excluding tert-OH is 1. The third-order valence-corrected chi connectivity index (χ3v) is 8.79. The third-order valence-electron chi connectivity index (χ3n) is 7.00. The number of rotatable bonds is 3. The smallest absolute Gasteiger partial charge is 0.311 e. The molecule has 1 N–H and O–H groups in total.